The van der Waals surface area contributed by atoms with E-state index < -0.39 is 46.2 Å². The Bertz CT molecular complexity index is 1130. The summed E-state index contributed by atoms with van der Waals surface area (Å²) >= 11 is 0. The number of phenols is 1. The van der Waals surface area contributed by atoms with E-state index in [9.17, 15) is 29.7 Å². The first kappa shape index (κ1) is 21.9. The van der Waals surface area contributed by atoms with Crippen molar-refractivity contribution in [1.29, 1.82) is 0 Å². The first-order chi connectivity index (χ1) is 16.0. The number of nitrogens with zero attached hydrogens (tertiary/aromatic N) is 1. The van der Waals surface area contributed by atoms with Gasteiger partial charge in [0.15, 0.2) is 23.4 Å². The van der Waals surface area contributed by atoms with Gasteiger partial charge in [0.25, 0.3) is 0 Å². The largest absolute Gasteiger partial charge is 0.504 e. The van der Waals surface area contributed by atoms with Gasteiger partial charge in [0.05, 0.1) is 11.0 Å². The summed E-state index contributed by atoms with van der Waals surface area (Å²) in [6.45, 7) is 4.28. The average Bonchev–Trinajstić information content (AvgIpc) is 3.50. The van der Waals surface area contributed by atoms with Crippen molar-refractivity contribution in [3.63, 3.8) is 0 Å². The quantitative estimate of drug-likeness (QED) is 0.463. The normalized spacial score (nSPS) is 36.0. The fourth-order valence-corrected chi connectivity index (χ4v) is 6.97. The van der Waals surface area contributed by atoms with Crippen molar-refractivity contribution in [2.24, 2.45) is 11.8 Å². The Morgan fingerprint density at radius 3 is 2.71 bits per heavy atom. The van der Waals surface area contributed by atoms with Gasteiger partial charge in [-0.2, -0.15) is 0 Å². The molecular formula is C25H30N2O7. The molecule has 1 saturated heterocycles. The maximum absolute atomic E-state index is 13.7. The summed E-state index contributed by atoms with van der Waals surface area (Å²) in [6, 6.07) is 3.12. The number of piperidine rings is 1. The molecule has 4 N–H and O–H groups in total. The maximum Gasteiger partial charge on any atom is 0.328 e. The Morgan fingerprint density at radius 1 is 1.29 bits per heavy atom. The van der Waals surface area contributed by atoms with Crippen molar-refractivity contribution in [1.82, 2.24) is 10.2 Å². The monoisotopic (exact) mass is 470 g/mol. The van der Waals surface area contributed by atoms with Gasteiger partial charge in [-0.1, -0.05) is 6.07 Å². The Morgan fingerprint density at radius 2 is 2.03 bits per heavy atom. The molecular weight excluding hydrogens is 440 g/mol. The highest BCUT2D eigenvalue weighted by Gasteiger charge is 2.75. The van der Waals surface area contributed by atoms with Crippen LogP contribution in [0.3, 0.4) is 0 Å². The van der Waals surface area contributed by atoms with Crippen LogP contribution in [-0.4, -0.2) is 74.3 Å². The Balaban J connectivity index is 1.46. The number of benzene rings is 1. The van der Waals surface area contributed by atoms with E-state index in [0.29, 0.717) is 30.9 Å². The zero-order valence-electron chi connectivity index (χ0n) is 19.3. The molecule has 2 heterocycles. The van der Waals surface area contributed by atoms with Crippen LogP contribution in [0.15, 0.2) is 12.1 Å². The number of hydrogen-bond donors (Lipinski definition) is 4. The number of likely N-dealkylation sites (tertiary alicyclic amines) is 1. The number of amides is 1. The first-order valence-corrected chi connectivity index (χ1v) is 12.1. The van der Waals surface area contributed by atoms with E-state index in [4.69, 9.17) is 4.74 Å². The van der Waals surface area contributed by atoms with Crippen molar-refractivity contribution in [2.75, 3.05) is 13.1 Å². The smallest absolute Gasteiger partial charge is 0.328 e. The number of ketones is 1. The van der Waals surface area contributed by atoms with E-state index in [1.807, 2.05) is 6.07 Å². The molecule has 34 heavy (non-hydrogen) atoms. The lowest BCUT2D eigenvalue weighted by Crippen LogP contribution is -2.78. The summed E-state index contributed by atoms with van der Waals surface area (Å²) in [6.07, 6.45) is 2.15. The fraction of sp³-hybridized carbons (Fsp3) is 0.640. The highest BCUT2D eigenvalue weighted by molar-refractivity contribution is 6.07. The number of phenolic OH excluding ortho intramolecular Hbond substituents is 1. The summed E-state index contributed by atoms with van der Waals surface area (Å²) in [5, 5.41) is 35.0. The van der Waals surface area contributed by atoms with E-state index in [2.05, 4.69) is 10.2 Å². The van der Waals surface area contributed by atoms with Gasteiger partial charge in [-0.05, 0) is 70.0 Å². The number of carbonyl (C=O) groups is 3. The molecule has 9 heteroatoms. The SMILES string of the molecule is CC(C)(NC(=O)C1C[C@@]2(O)[C@H]3Cc4ccc(O)c5c4[C@@]2(CCN3CC2CC2)[C@@H](O5)C1=O)C(=O)O. The average molecular weight is 471 g/mol. The minimum absolute atomic E-state index is 0.0791. The van der Waals surface area contributed by atoms with E-state index in [-0.39, 0.29) is 24.0 Å². The highest BCUT2D eigenvalue weighted by atomic mass is 16.5. The minimum Gasteiger partial charge on any atom is -0.504 e. The van der Waals surface area contributed by atoms with Gasteiger partial charge < -0.3 is 25.4 Å². The van der Waals surface area contributed by atoms with Crippen LogP contribution in [0, 0.1) is 11.8 Å². The molecule has 1 aromatic rings. The third kappa shape index (κ3) is 2.65. The van der Waals surface area contributed by atoms with Gasteiger partial charge in [-0.15, -0.1) is 0 Å². The van der Waals surface area contributed by atoms with E-state index in [1.54, 1.807) is 6.07 Å². The number of carboxylic acids is 1. The summed E-state index contributed by atoms with van der Waals surface area (Å²) < 4.78 is 6.10. The number of aliphatic carboxylic acids is 1. The number of hydrogen-bond acceptors (Lipinski definition) is 7. The molecule has 6 rings (SSSR count). The van der Waals surface area contributed by atoms with Crippen LogP contribution in [0.4, 0.5) is 0 Å². The molecule has 1 unspecified atom stereocenters. The summed E-state index contributed by atoms with van der Waals surface area (Å²) in [4.78, 5) is 40.9. The molecule has 0 radical (unpaired) electrons. The predicted octanol–water partition coefficient (Wildman–Crippen LogP) is 0.731. The molecule has 2 bridgehead atoms. The molecule has 0 aromatic heterocycles. The topological polar surface area (TPSA) is 136 Å². The summed E-state index contributed by atoms with van der Waals surface area (Å²) in [7, 11) is 0. The van der Waals surface area contributed by atoms with Crippen molar-refractivity contribution in [2.45, 2.75) is 74.7 Å². The van der Waals surface area contributed by atoms with Crippen molar-refractivity contribution < 1.29 is 34.4 Å². The molecule has 2 saturated carbocycles. The number of aliphatic hydroxyl groups is 1. The van der Waals surface area contributed by atoms with E-state index in [0.717, 1.165) is 12.1 Å². The highest BCUT2D eigenvalue weighted by Crippen LogP contribution is 2.65. The van der Waals surface area contributed by atoms with Gasteiger partial charge in [-0.3, -0.25) is 14.5 Å². The van der Waals surface area contributed by atoms with Crippen LogP contribution >= 0.6 is 0 Å². The number of carbonyl (C=O) groups excluding carboxylic acids is 2. The van der Waals surface area contributed by atoms with Crippen LogP contribution < -0.4 is 10.1 Å². The van der Waals surface area contributed by atoms with Gasteiger partial charge in [-0.25, -0.2) is 4.79 Å². The van der Waals surface area contributed by atoms with Crippen molar-refractivity contribution in [3.05, 3.63) is 23.3 Å². The standard InChI is InChI=1S/C25H30N2O7/c1-23(2,22(31)32)26-21(30)14-10-25(33)16-9-13-5-6-15(28)19-17(13)24(25,20(34-19)18(14)29)7-8-27(16)11-12-3-4-12/h5-6,12,14,16,20,28,33H,3-4,7-11H2,1-2H3,(H,26,30)(H,31,32)/t14?,16-,20+,24+,25-/m1/s1. The number of aromatic hydroxyl groups is 1. The minimum atomic E-state index is -1.57. The van der Waals surface area contributed by atoms with Gasteiger partial charge >= 0.3 is 5.97 Å². The lowest BCUT2D eigenvalue weighted by atomic mass is 9.47. The van der Waals surface area contributed by atoms with Crippen LogP contribution in [0.5, 0.6) is 11.5 Å². The fourth-order valence-electron chi connectivity index (χ4n) is 6.97. The Kier molecular flexibility index (Phi) is 4.32. The third-order valence-corrected chi connectivity index (χ3v) is 8.92. The second-order valence-electron chi connectivity index (χ2n) is 11.3. The Labute approximate surface area is 197 Å². The number of rotatable bonds is 5. The summed E-state index contributed by atoms with van der Waals surface area (Å²) in [5.41, 5.74) is -2.36. The van der Waals surface area contributed by atoms with Crippen molar-refractivity contribution >= 4 is 17.7 Å². The van der Waals surface area contributed by atoms with Crippen LogP contribution in [0.25, 0.3) is 0 Å². The molecule has 182 valence electrons. The number of nitrogens with one attached hydrogen (secondary N) is 1. The number of ether oxygens (including phenoxy) is 1. The molecule has 3 aliphatic carbocycles. The lowest BCUT2D eigenvalue weighted by molar-refractivity contribution is -0.199. The van der Waals surface area contributed by atoms with Crippen LogP contribution in [0.2, 0.25) is 0 Å². The van der Waals surface area contributed by atoms with E-state index >= 15 is 0 Å². The zero-order chi connectivity index (χ0) is 24.2. The molecule has 1 amide bonds. The number of carboxylic acid groups (broad SMARTS) is 1. The molecule has 3 fully saturated rings. The van der Waals surface area contributed by atoms with E-state index in [1.165, 1.54) is 26.7 Å². The lowest BCUT2D eigenvalue weighted by Gasteiger charge is -2.63. The molecule has 1 spiro atoms. The molecule has 1 aromatic carbocycles. The van der Waals surface area contributed by atoms with Crippen LogP contribution in [-0.2, 0) is 26.2 Å². The molecule has 2 aliphatic heterocycles. The Hall–Kier alpha value is -2.65. The predicted molar refractivity (Wildman–Crippen MR) is 119 cm³/mol. The molecule has 5 aliphatic rings. The molecule has 5 atom stereocenters. The maximum atomic E-state index is 13.7. The third-order valence-electron chi connectivity index (χ3n) is 8.92. The molecule has 9 nitrogen and oxygen atoms in total. The second kappa shape index (κ2) is 6.73. The first-order valence-electron chi connectivity index (χ1n) is 12.1. The van der Waals surface area contributed by atoms with Gasteiger partial charge in [0.1, 0.15) is 11.5 Å². The van der Waals surface area contributed by atoms with Gasteiger partial charge in [0.2, 0.25) is 5.91 Å². The summed E-state index contributed by atoms with van der Waals surface area (Å²) in [5.74, 6) is -2.90. The van der Waals surface area contributed by atoms with Gasteiger partial charge in [0, 0.05) is 18.2 Å². The van der Waals surface area contributed by atoms with Crippen LogP contribution in [0.1, 0.15) is 50.7 Å². The zero-order valence-corrected chi connectivity index (χ0v) is 19.3. The second-order valence-corrected chi connectivity index (χ2v) is 11.3. The number of Topliss-reactive ketones (excluding diaryl/α,β-unsaturated/α-hetero) is 1. The van der Waals surface area contributed by atoms with Crippen molar-refractivity contribution in [3.8, 4) is 11.5 Å².